The van der Waals surface area contributed by atoms with Crippen LogP contribution in [-0.4, -0.2) is 69.7 Å². The monoisotopic (exact) mass is 656 g/mol. The number of pyridine rings is 1. The number of ether oxygens (including phenoxy) is 2. The number of hydrogen-bond acceptors (Lipinski definition) is 10. The highest BCUT2D eigenvalue weighted by Crippen LogP contribution is 2.41. The molecule has 0 spiro atoms. The molecule has 1 fully saturated rings. The van der Waals surface area contributed by atoms with Crippen molar-refractivity contribution in [3.8, 4) is 11.1 Å². The van der Waals surface area contributed by atoms with Gasteiger partial charge in [-0.25, -0.2) is 14.6 Å². The highest BCUT2D eigenvalue weighted by atomic mass is 28.4. The molecule has 2 N–H and O–H groups in total. The molecular formula is C32H49BN4O8Si. The van der Waals surface area contributed by atoms with E-state index in [1.54, 1.807) is 47.7 Å². The van der Waals surface area contributed by atoms with E-state index in [-0.39, 0.29) is 34.2 Å². The maximum Gasteiger partial charge on any atom is 0.526 e. The lowest BCUT2D eigenvalue weighted by Gasteiger charge is -2.41. The molecule has 0 bridgehead atoms. The Morgan fingerprint density at radius 1 is 0.957 bits per heavy atom. The van der Waals surface area contributed by atoms with Crippen molar-refractivity contribution in [1.29, 1.82) is 0 Å². The van der Waals surface area contributed by atoms with Crippen LogP contribution in [0.15, 0.2) is 29.1 Å². The second-order valence-corrected chi connectivity index (χ2v) is 20.3. The first kappa shape index (κ1) is 35.7. The molecule has 0 unspecified atom stereocenters. The van der Waals surface area contributed by atoms with Crippen LogP contribution in [0.3, 0.4) is 0 Å². The van der Waals surface area contributed by atoms with Gasteiger partial charge in [0.15, 0.2) is 19.7 Å². The number of nitrogens with zero attached hydrogens (tertiary/aromatic N) is 4. The Morgan fingerprint density at radius 3 is 2.02 bits per heavy atom. The number of fused-ring (bicyclic) bond motifs is 1. The van der Waals surface area contributed by atoms with E-state index in [4.69, 9.17) is 18.3 Å². The largest absolute Gasteiger partial charge is 0.526 e. The summed E-state index contributed by atoms with van der Waals surface area (Å²) in [5, 5.41) is 25.2. The van der Waals surface area contributed by atoms with Gasteiger partial charge in [-0.2, -0.15) is 10.00 Å². The minimum absolute atomic E-state index is 0.0200. The summed E-state index contributed by atoms with van der Waals surface area (Å²) < 4.78 is 25.5. The molecule has 1 saturated carbocycles. The van der Waals surface area contributed by atoms with Gasteiger partial charge in [0, 0.05) is 35.0 Å². The molecule has 3 heterocycles. The number of carbonyl (C=O) groups excluding carboxylic acids is 2. The van der Waals surface area contributed by atoms with E-state index in [0.29, 0.717) is 21.4 Å². The summed E-state index contributed by atoms with van der Waals surface area (Å²) in [6.07, 6.45) is 7.12. The Bertz CT molecular complexity index is 1530. The molecule has 46 heavy (non-hydrogen) atoms. The molecule has 3 aromatic rings. The van der Waals surface area contributed by atoms with Crippen molar-refractivity contribution in [2.45, 2.75) is 129 Å². The lowest BCUT2D eigenvalue weighted by Crippen LogP contribution is -2.44. The van der Waals surface area contributed by atoms with Crippen LogP contribution in [0, 0.1) is 0 Å². The number of rotatable bonds is 6. The van der Waals surface area contributed by atoms with Crippen LogP contribution in [0.1, 0.15) is 94.0 Å². The number of carbonyl (C=O) groups is 2. The Morgan fingerprint density at radius 2 is 1.52 bits per heavy atom. The Balaban J connectivity index is 1.67. The van der Waals surface area contributed by atoms with Crippen LogP contribution in [0.4, 0.5) is 15.4 Å². The van der Waals surface area contributed by atoms with Crippen molar-refractivity contribution in [3.05, 3.63) is 24.7 Å². The highest BCUT2D eigenvalue weighted by molar-refractivity contribution is 6.74. The van der Waals surface area contributed by atoms with Crippen molar-refractivity contribution in [2.75, 3.05) is 4.90 Å². The summed E-state index contributed by atoms with van der Waals surface area (Å²) in [6.45, 7) is 21.4. The fourth-order valence-corrected chi connectivity index (χ4v) is 6.53. The van der Waals surface area contributed by atoms with Crippen LogP contribution >= 0.6 is 0 Å². The topological polar surface area (TPSA) is 149 Å². The first-order valence-electron chi connectivity index (χ1n) is 15.8. The maximum absolute atomic E-state index is 13.4. The molecular weight excluding hydrogens is 607 g/mol. The first-order valence-corrected chi connectivity index (χ1v) is 18.7. The van der Waals surface area contributed by atoms with Gasteiger partial charge >= 0.3 is 19.3 Å². The van der Waals surface area contributed by atoms with Gasteiger partial charge in [0.2, 0.25) is 0 Å². The summed E-state index contributed by atoms with van der Waals surface area (Å²) >= 11 is 0. The van der Waals surface area contributed by atoms with E-state index in [1.807, 2.05) is 10.9 Å². The van der Waals surface area contributed by atoms with E-state index < -0.39 is 38.8 Å². The average molecular weight is 657 g/mol. The SMILES string of the molecule is CC(C)(C)OC(=O)N(C(=O)OC(C)(C)C)c1ncc(-c2cnn([C@H]3CC[C@H](O[Si](C)(C)C(C)(C)C)CC3)c2)c2cc(B(O)O)oc12. The molecule has 0 saturated heterocycles. The van der Waals surface area contributed by atoms with E-state index in [0.717, 1.165) is 25.7 Å². The Kier molecular flexibility index (Phi) is 9.90. The lowest BCUT2D eigenvalue weighted by atomic mass is 9.87. The standard InChI is InChI=1S/C32H49BN4O8Si/c1-30(2,3)43-28(38)37(29(39)44-31(4,5)6)27-26-23(16-25(42-26)33(40)41)24(18-34-27)20-17-35-36(19-20)21-12-14-22(15-13-21)45-46(10,11)32(7,8)9/h16-19,21-22,40-41H,12-15H2,1-11H3/t21-,22-. The second kappa shape index (κ2) is 12.8. The van der Waals surface area contributed by atoms with E-state index in [9.17, 15) is 19.6 Å². The van der Waals surface area contributed by atoms with Crippen LogP contribution in [0.5, 0.6) is 0 Å². The van der Waals surface area contributed by atoms with Gasteiger partial charge in [-0.1, -0.05) is 20.8 Å². The van der Waals surface area contributed by atoms with E-state index in [1.165, 1.54) is 12.3 Å². The summed E-state index contributed by atoms with van der Waals surface area (Å²) in [5.74, 6) is -0.207. The van der Waals surface area contributed by atoms with Gasteiger partial charge in [0.25, 0.3) is 0 Å². The molecule has 3 aromatic heterocycles. The molecule has 0 radical (unpaired) electrons. The summed E-state index contributed by atoms with van der Waals surface area (Å²) in [6, 6.07) is 1.65. The molecule has 252 valence electrons. The van der Waals surface area contributed by atoms with Crippen molar-refractivity contribution in [2.24, 2.45) is 0 Å². The van der Waals surface area contributed by atoms with Crippen LogP contribution in [-0.2, 0) is 13.9 Å². The first-order chi connectivity index (χ1) is 21.1. The quantitative estimate of drug-likeness (QED) is 0.280. The molecule has 4 rings (SSSR count). The fourth-order valence-electron chi connectivity index (χ4n) is 5.11. The van der Waals surface area contributed by atoms with Crippen molar-refractivity contribution in [1.82, 2.24) is 14.8 Å². The Labute approximate surface area is 272 Å². The zero-order valence-corrected chi connectivity index (χ0v) is 30.0. The van der Waals surface area contributed by atoms with Crippen LogP contribution < -0.4 is 10.6 Å². The third kappa shape index (κ3) is 8.20. The third-order valence-corrected chi connectivity index (χ3v) is 12.9. The second-order valence-electron chi connectivity index (χ2n) is 15.6. The number of furan rings is 1. The molecule has 0 aliphatic heterocycles. The van der Waals surface area contributed by atoms with Gasteiger partial charge < -0.3 is 28.4 Å². The van der Waals surface area contributed by atoms with Gasteiger partial charge in [-0.15, -0.1) is 0 Å². The molecule has 2 amide bonds. The molecule has 14 heteroatoms. The zero-order valence-electron chi connectivity index (χ0n) is 29.0. The average Bonchev–Trinajstić information content (AvgIpc) is 3.55. The number of imide groups is 1. The predicted molar refractivity (Wildman–Crippen MR) is 180 cm³/mol. The van der Waals surface area contributed by atoms with Gasteiger partial charge in [0.1, 0.15) is 16.9 Å². The molecule has 12 nitrogen and oxygen atoms in total. The van der Waals surface area contributed by atoms with Crippen LogP contribution in [0.25, 0.3) is 22.1 Å². The number of aromatic nitrogens is 3. The molecule has 1 aliphatic carbocycles. The van der Waals surface area contributed by atoms with Crippen molar-refractivity contribution < 1.29 is 38.0 Å². The fraction of sp³-hybridized carbons (Fsp3) is 0.625. The molecule has 1 aliphatic rings. The summed E-state index contributed by atoms with van der Waals surface area (Å²) in [4.78, 5) is 31.8. The van der Waals surface area contributed by atoms with E-state index in [2.05, 4.69) is 43.9 Å². The smallest absolute Gasteiger partial charge is 0.461 e. The number of hydrogen-bond donors (Lipinski definition) is 2. The van der Waals surface area contributed by atoms with Gasteiger partial charge in [0.05, 0.1) is 12.2 Å². The van der Waals surface area contributed by atoms with Crippen LogP contribution in [0.2, 0.25) is 18.1 Å². The van der Waals surface area contributed by atoms with Gasteiger partial charge in [-0.3, -0.25) is 4.68 Å². The van der Waals surface area contributed by atoms with Crippen molar-refractivity contribution in [3.63, 3.8) is 0 Å². The molecule has 0 aromatic carbocycles. The summed E-state index contributed by atoms with van der Waals surface area (Å²) in [5.41, 5.74) is -0.791. The van der Waals surface area contributed by atoms with Gasteiger partial charge in [-0.05, 0) is 91.4 Å². The summed E-state index contributed by atoms with van der Waals surface area (Å²) in [7, 11) is -3.80. The normalized spacial score (nSPS) is 18.0. The third-order valence-electron chi connectivity index (χ3n) is 8.38. The highest BCUT2D eigenvalue weighted by Gasteiger charge is 2.40. The maximum atomic E-state index is 13.4. The van der Waals surface area contributed by atoms with E-state index >= 15 is 0 Å². The molecule has 0 atom stereocenters. The minimum Gasteiger partial charge on any atom is -0.461 e. The minimum atomic E-state index is -1.95. The van der Waals surface area contributed by atoms with Crippen molar-refractivity contribution >= 4 is 50.1 Å². The number of amides is 2. The number of anilines is 1. The Hall–Kier alpha value is -3.20. The lowest BCUT2D eigenvalue weighted by molar-refractivity contribution is 0.0429. The zero-order chi connectivity index (χ0) is 34.4. The predicted octanol–water partition coefficient (Wildman–Crippen LogP) is 6.55.